The van der Waals surface area contributed by atoms with E-state index < -0.39 is 0 Å². The van der Waals surface area contributed by atoms with Gasteiger partial charge in [-0.25, -0.2) is 0 Å². The lowest BCUT2D eigenvalue weighted by Crippen LogP contribution is -2.29. The van der Waals surface area contributed by atoms with Crippen LogP contribution in [0.5, 0.6) is 0 Å². The number of hydrogen-bond donors (Lipinski definition) is 1. The van der Waals surface area contributed by atoms with Gasteiger partial charge in [-0.15, -0.1) is 0 Å². The van der Waals surface area contributed by atoms with E-state index in [9.17, 15) is 0 Å². The second-order valence-corrected chi connectivity index (χ2v) is 8.03. The van der Waals surface area contributed by atoms with Crippen LogP contribution in [-0.2, 0) is 0 Å². The van der Waals surface area contributed by atoms with Gasteiger partial charge in [-0.1, -0.05) is 29.4 Å². The molecule has 0 spiro atoms. The van der Waals surface area contributed by atoms with Crippen molar-refractivity contribution >= 4 is 40.7 Å². The van der Waals surface area contributed by atoms with E-state index in [1.165, 1.54) is 0 Å². The summed E-state index contributed by atoms with van der Waals surface area (Å²) in [5.74, 6) is 0.872. The molecule has 1 aromatic carbocycles. The largest absolute Gasteiger partial charge is 0.452 e. The average Bonchev–Trinajstić information content (AvgIpc) is 3.28. The summed E-state index contributed by atoms with van der Waals surface area (Å²) in [5, 5.41) is 5.68. The Balaban J connectivity index is 1.62. The molecular formula is C20H18ClN3OS2. The molecule has 0 radical (unpaired) electrons. The minimum atomic E-state index is -0.0434. The van der Waals surface area contributed by atoms with E-state index in [0.29, 0.717) is 0 Å². The van der Waals surface area contributed by atoms with Crippen molar-refractivity contribution in [2.45, 2.75) is 29.0 Å². The molecule has 4 nitrogen and oxygen atoms in total. The maximum Gasteiger partial charge on any atom is 0.170 e. The Morgan fingerprint density at radius 2 is 2.00 bits per heavy atom. The van der Waals surface area contributed by atoms with Crippen LogP contribution in [-0.4, -0.2) is 21.5 Å². The summed E-state index contributed by atoms with van der Waals surface area (Å²) in [7, 11) is 0. The van der Waals surface area contributed by atoms with Crippen molar-refractivity contribution in [3.63, 3.8) is 0 Å². The van der Waals surface area contributed by atoms with E-state index in [4.69, 9.17) is 28.2 Å². The Bertz CT molecular complexity index is 930. The fraction of sp³-hybridized carbons (Fsp3) is 0.200. The molecule has 0 saturated carbocycles. The number of halogens is 1. The SMILES string of the molecule is CCN1C(=S)NC(c2ccccn2)C1c1ccc(Sc2ccc(Cl)cc2)o1. The van der Waals surface area contributed by atoms with Crippen LogP contribution in [0.15, 0.2) is 75.2 Å². The Morgan fingerprint density at radius 3 is 2.70 bits per heavy atom. The van der Waals surface area contributed by atoms with Gasteiger partial charge in [0.15, 0.2) is 10.2 Å². The lowest BCUT2D eigenvalue weighted by atomic mass is 10.0. The van der Waals surface area contributed by atoms with Gasteiger partial charge in [-0.3, -0.25) is 4.98 Å². The summed E-state index contributed by atoms with van der Waals surface area (Å²) < 4.78 is 6.19. The highest BCUT2D eigenvalue weighted by atomic mass is 35.5. The van der Waals surface area contributed by atoms with Crippen molar-refractivity contribution in [2.75, 3.05) is 6.54 Å². The second-order valence-electron chi connectivity index (χ2n) is 6.13. The van der Waals surface area contributed by atoms with E-state index in [1.807, 2.05) is 54.6 Å². The van der Waals surface area contributed by atoms with Crippen molar-refractivity contribution in [3.05, 3.63) is 77.3 Å². The van der Waals surface area contributed by atoms with Crippen LogP contribution in [0.2, 0.25) is 5.02 Å². The van der Waals surface area contributed by atoms with Crippen LogP contribution < -0.4 is 5.32 Å². The quantitative estimate of drug-likeness (QED) is 0.557. The molecule has 7 heteroatoms. The van der Waals surface area contributed by atoms with Gasteiger partial charge in [0.1, 0.15) is 11.8 Å². The Kier molecular flexibility index (Phi) is 5.38. The van der Waals surface area contributed by atoms with Gasteiger partial charge in [0.25, 0.3) is 0 Å². The van der Waals surface area contributed by atoms with Crippen molar-refractivity contribution in [1.82, 2.24) is 15.2 Å². The van der Waals surface area contributed by atoms with Crippen LogP contribution in [0, 0.1) is 0 Å². The van der Waals surface area contributed by atoms with Crippen molar-refractivity contribution in [3.8, 4) is 0 Å². The molecular weight excluding hydrogens is 398 g/mol. The lowest BCUT2D eigenvalue weighted by molar-refractivity contribution is 0.267. The maximum atomic E-state index is 6.19. The number of hydrogen-bond acceptors (Lipinski definition) is 4. The number of likely N-dealkylation sites (N-methyl/N-ethyl adjacent to an activating group) is 1. The zero-order valence-corrected chi connectivity index (χ0v) is 17.0. The zero-order valence-electron chi connectivity index (χ0n) is 14.6. The third kappa shape index (κ3) is 3.83. The fourth-order valence-corrected chi connectivity index (χ4v) is 4.50. The molecule has 2 unspecified atom stereocenters. The summed E-state index contributed by atoms with van der Waals surface area (Å²) >= 11 is 13.1. The van der Waals surface area contributed by atoms with Crippen molar-refractivity contribution in [2.24, 2.45) is 0 Å². The first kappa shape index (κ1) is 18.3. The highest BCUT2D eigenvalue weighted by Crippen LogP contribution is 2.41. The van der Waals surface area contributed by atoms with E-state index in [1.54, 1.807) is 18.0 Å². The first-order valence-corrected chi connectivity index (χ1v) is 10.3. The Hall–Kier alpha value is -2.02. The molecule has 3 heterocycles. The summed E-state index contributed by atoms with van der Waals surface area (Å²) in [6.07, 6.45) is 1.80. The maximum absolute atomic E-state index is 6.19. The van der Waals surface area contributed by atoms with Gasteiger partial charge < -0.3 is 14.6 Å². The van der Waals surface area contributed by atoms with Gasteiger partial charge in [-0.05, 0) is 67.7 Å². The minimum absolute atomic E-state index is 0.0306. The van der Waals surface area contributed by atoms with E-state index in [-0.39, 0.29) is 12.1 Å². The van der Waals surface area contributed by atoms with Gasteiger partial charge in [0.2, 0.25) is 0 Å². The molecule has 0 bridgehead atoms. The first-order chi connectivity index (χ1) is 13.2. The number of furan rings is 1. The number of aromatic nitrogens is 1. The molecule has 1 saturated heterocycles. The number of benzene rings is 1. The number of rotatable bonds is 5. The number of pyridine rings is 1. The summed E-state index contributed by atoms with van der Waals surface area (Å²) in [5.41, 5.74) is 0.948. The Morgan fingerprint density at radius 1 is 1.19 bits per heavy atom. The third-order valence-electron chi connectivity index (χ3n) is 4.46. The highest BCUT2D eigenvalue weighted by molar-refractivity contribution is 7.99. The average molecular weight is 416 g/mol. The predicted octanol–water partition coefficient (Wildman–Crippen LogP) is 5.47. The molecule has 0 amide bonds. The molecule has 27 heavy (non-hydrogen) atoms. The third-order valence-corrected chi connectivity index (χ3v) is 6.00. The highest BCUT2D eigenvalue weighted by Gasteiger charge is 2.40. The molecule has 1 N–H and O–H groups in total. The smallest absolute Gasteiger partial charge is 0.170 e. The summed E-state index contributed by atoms with van der Waals surface area (Å²) in [6.45, 7) is 2.88. The molecule has 4 rings (SSSR count). The monoisotopic (exact) mass is 415 g/mol. The van der Waals surface area contributed by atoms with Crippen LogP contribution in [0.25, 0.3) is 0 Å². The normalized spacial score (nSPS) is 19.3. The van der Waals surface area contributed by atoms with Gasteiger partial charge in [0, 0.05) is 22.7 Å². The van der Waals surface area contributed by atoms with E-state index in [2.05, 4.69) is 22.1 Å². The molecule has 1 aliphatic rings. The topological polar surface area (TPSA) is 41.3 Å². The molecule has 3 aromatic rings. The zero-order chi connectivity index (χ0) is 18.8. The molecule has 1 fully saturated rings. The minimum Gasteiger partial charge on any atom is -0.452 e. The van der Waals surface area contributed by atoms with Crippen LogP contribution >= 0.6 is 35.6 Å². The first-order valence-electron chi connectivity index (χ1n) is 8.67. The molecule has 0 aliphatic carbocycles. The molecule has 2 aromatic heterocycles. The van der Waals surface area contributed by atoms with Crippen LogP contribution in [0.4, 0.5) is 0 Å². The van der Waals surface area contributed by atoms with Crippen molar-refractivity contribution < 1.29 is 4.42 Å². The standard InChI is InChI=1S/C20H18ClN3OS2/c1-2-24-19(18(23-20(24)26)15-5-3-4-12-22-15)16-10-11-17(25-16)27-14-8-6-13(21)7-9-14/h3-12,18-19H,2H2,1H3,(H,23,26). The fourth-order valence-electron chi connectivity index (χ4n) is 3.22. The number of thiocarbonyl (C=S) groups is 1. The van der Waals surface area contributed by atoms with E-state index >= 15 is 0 Å². The number of nitrogens with zero attached hydrogens (tertiary/aromatic N) is 2. The number of nitrogens with one attached hydrogen (secondary N) is 1. The molecule has 2 atom stereocenters. The van der Waals surface area contributed by atoms with Gasteiger partial charge in [0.05, 0.1) is 11.7 Å². The second kappa shape index (κ2) is 7.92. The predicted molar refractivity (Wildman–Crippen MR) is 112 cm³/mol. The Labute approximate surface area is 172 Å². The van der Waals surface area contributed by atoms with Crippen LogP contribution in [0.3, 0.4) is 0 Å². The van der Waals surface area contributed by atoms with E-state index in [0.717, 1.165) is 38.1 Å². The summed E-state index contributed by atoms with van der Waals surface area (Å²) in [6, 6.07) is 17.6. The lowest BCUT2D eigenvalue weighted by Gasteiger charge is -2.24. The summed E-state index contributed by atoms with van der Waals surface area (Å²) in [4.78, 5) is 7.74. The van der Waals surface area contributed by atoms with Gasteiger partial charge in [-0.2, -0.15) is 0 Å². The van der Waals surface area contributed by atoms with Crippen LogP contribution in [0.1, 0.15) is 30.5 Å². The molecule has 1 aliphatic heterocycles. The molecule has 138 valence electrons. The van der Waals surface area contributed by atoms with Gasteiger partial charge >= 0.3 is 0 Å². The van der Waals surface area contributed by atoms with Crippen molar-refractivity contribution in [1.29, 1.82) is 0 Å².